The van der Waals surface area contributed by atoms with Crippen LogP contribution in [-0.2, 0) is 60.8 Å². The third-order valence-electron chi connectivity index (χ3n) is 15.8. The van der Waals surface area contributed by atoms with Crippen LogP contribution in [0.4, 0.5) is 0 Å². The number of amides is 10. The molecule has 0 aromatic heterocycles. The normalized spacial score (nSPS) is 26.5. The van der Waals surface area contributed by atoms with Gasteiger partial charge in [-0.3, -0.25) is 47.9 Å². The first-order valence-corrected chi connectivity index (χ1v) is 29.9. The highest BCUT2D eigenvalue weighted by atomic mass is 16.2. The summed E-state index contributed by atoms with van der Waals surface area (Å²) >= 11 is 0. The van der Waals surface area contributed by atoms with Gasteiger partial charge in [0.1, 0.15) is 60.4 Å². The van der Waals surface area contributed by atoms with E-state index in [1.165, 1.54) is 21.7 Å². The monoisotopic (exact) mass is 1150 g/mol. The smallest absolute Gasteiger partial charge is 0.246 e. The van der Waals surface area contributed by atoms with Crippen LogP contribution < -0.4 is 48.7 Å². The summed E-state index contributed by atoms with van der Waals surface area (Å²) in [6, 6.07) is 6.41. The molecule has 10 atom stereocenters. The first-order chi connectivity index (χ1) is 39.4. The van der Waals surface area contributed by atoms with Crippen molar-refractivity contribution in [2.24, 2.45) is 35.1 Å². The van der Waals surface area contributed by atoms with Crippen molar-refractivity contribution in [3.63, 3.8) is 0 Å². The molecule has 5 rings (SSSR count). The van der Waals surface area contributed by atoms with Crippen LogP contribution in [0.25, 0.3) is 0 Å². The van der Waals surface area contributed by atoms with Gasteiger partial charge in [0.05, 0.1) is 0 Å². The molecule has 3 fully saturated rings. The third-order valence-corrected chi connectivity index (χ3v) is 15.8. The van der Waals surface area contributed by atoms with E-state index >= 15 is 0 Å². The molecule has 458 valence electrons. The summed E-state index contributed by atoms with van der Waals surface area (Å²) in [6.45, 7) is 15.1. The Hall–Kier alpha value is -6.94. The number of carbonyl (C=O) groups excluding carboxylic acids is 10. The number of nitrogens with zero attached hydrogens (tertiary/aromatic N) is 3. The van der Waals surface area contributed by atoms with Crippen LogP contribution in [-0.4, -0.2) is 167 Å². The SMILES string of the molecule is CC(C)C[C@@H]1NC(=O)[C@H](CCCN)NC(=O)[C@H](C(C)C)NC(=O)[C@@H]2CCCN2C(=O)[C@@H](Cc2ccccc2)NC(=O)[C@H](CC(C)C)N(C)C(=O)[C@H](CCCN)NC(=O)[C@H](C(C)C)NC(=O)[C@@H]2CCCN2C(=O)[C@@H](Cc2ccccc2)NC1=O. The second-order valence-electron chi connectivity index (χ2n) is 24.1. The van der Waals surface area contributed by atoms with Gasteiger partial charge < -0.3 is 63.4 Å². The second kappa shape index (κ2) is 32.2. The van der Waals surface area contributed by atoms with Crippen LogP contribution in [0.15, 0.2) is 60.7 Å². The first kappa shape index (κ1) is 66.9. The first-order valence-electron chi connectivity index (χ1n) is 29.9. The molecule has 0 radical (unpaired) electrons. The van der Waals surface area contributed by atoms with Gasteiger partial charge in [-0.2, -0.15) is 0 Å². The van der Waals surface area contributed by atoms with E-state index in [4.69, 9.17) is 11.5 Å². The Morgan fingerprint density at radius 2 is 0.831 bits per heavy atom. The van der Waals surface area contributed by atoms with E-state index in [0.29, 0.717) is 36.8 Å². The van der Waals surface area contributed by atoms with Crippen LogP contribution in [0, 0.1) is 23.7 Å². The molecule has 3 aliphatic heterocycles. The maximum absolute atomic E-state index is 15.0. The molecule has 3 saturated heterocycles. The molecule has 0 aliphatic carbocycles. The van der Waals surface area contributed by atoms with E-state index in [1.54, 1.807) is 64.1 Å². The number of nitrogens with two attached hydrogens (primary N) is 2. The highest BCUT2D eigenvalue weighted by Crippen LogP contribution is 2.24. The van der Waals surface area contributed by atoms with Gasteiger partial charge in [0.2, 0.25) is 59.1 Å². The lowest BCUT2D eigenvalue weighted by Gasteiger charge is -2.35. The summed E-state index contributed by atoms with van der Waals surface area (Å²) in [5.74, 6) is -7.60. The highest BCUT2D eigenvalue weighted by Gasteiger charge is 2.44. The maximum Gasteiger partial charge on any atom is 0.246 e. The van der Waals surface area contributed by atoms with Crippen molar-refractivity contribution >= 4 is 59.1 Å². The quantitative estimate of drug-likeness (QED) is 0.116. The van der Waals surface area contributed by atoms with Crippen LogP contribution >= 0.6 is 0 Å². The molecule has 22 nitrogen and oxygen atoms in total. The van der Waals surface area contributed by atoms with Gasteiger partial charge in [-0.05, 0) is 112 Å². The Bertz CT molecular complexity index is 2530. The Morgan fingerprint density at radius 3 is 1.25 bits per heavy atom. The summed E-state index contributed by atoms with van der Waals surface area (Å²) in [7, 11) is 1.47. The van der Waals surface area contributed by atoms with E-state index in [0.717, 1.165) is 0 Å². The fraction of sp³-hybridized carbons (Fsp3) is 0.639. The second-order valence-corrected chi connectivity index (χ2v) is 24.1. The lowest BCUT2D eigenvalue weighted by atomic mass is 9.98. The minimum Gasteiger partial charge on any atom is -0.343 e. The molecule has 11 N–H and O–H groups in total. The van der Waals surface area contributed by atoms with Crippen molar-refractivity contribution in [1.29, 1.82) is 0 Å². The standard InChI is InChI=1S/C61H94N12O10/c1-36(2)32-44-53(75)67-45(34-40-20-12-10-13-21-40)60(82)72-30-18-26-47(72)55(77)70-51(39(7)8)58(80)65-43(25-17-29-63)59(81)71(9)49(33-37(3)4)56(78)68-46(35-41-22-14-11-15-23-41)61(83)73-31-19-27-48(73)54(76)69-50(38(5)6)57(79)64-42(24-16-28-62)52(74)66-44/h10-15,20-23,36-39,42-51H,16-19,24-35,62-63H2,1-9H3,(H,64,79)(H,65,80)(H,66,74)(H,67,75)(H,68,78)(H,69,76)(H,70,77)/t42-,43-,44-,45+,46+,47-,48-,49-,50-,51-/m0/s1. The van der Waals surface area contributed by atoms with Crippen LogP contribution in [0.1, 0.15) is 131 Å². The summed E-state index contributed by atoms with van der Waals surface area (Å²) in [5, 5.41) is 20.1. The number of carbonyl (C=O) groups is 10. The molecular formula is C61H94N12O10. The third kappa shape index (κ3) is 19.0. The van der Waals surface area contributed by atoms with Crippen molar-refractivity contribution in [2.45, 2.75) is 193 Å². The zero-order valence-electron chi connectivity index (χ0n) is 50.2. The number of likely N-dealkylation sites (N-methyl/N-ethyl adjacent to an activating group) is 1. The molecule has 0 unspecified atom stereocenters. The molecule has 22 heteroatoms. The number of hydrogen-bond acceptors (Lipinski definition) is 12. The van der Waals surface area contributed by atoms with Crippen LogP contribution in [0.2, 0.25) is 0 Å². The Balaban J connectivity index is 1.60. The van der Waals surface area contributed by atoms with Gasteiger partial charge in [-0.15, -0.1) is 0 Å². The van der Waals surface area contributed by atoms with Gasteiger partial charge in [-0.25, -0.2) is 0 Å². The van der Waals surface area contributed by atoms with Gasteiger partial charge in [-0.1, -0.05) is 116 Å². The Kier molecular flexibility index (Phi) is 25.9. The van der Waals surface area contributed by atoms with E-state index in [-0.39, 0.29) is 89.4 Å². The molecule has 83 heavy (non-hydrogen) atoms. The van der Waals surface area contributed by atoms with Gasteiger partial charge >= 0.3 is 0 Å². The minimum atomic E-state index is -1.22. The predicted molar refractivity (Wildman–Crippen MR) is 315 cm³/mol. The van der Waals surface area contributed by atoms with Gasteiger partial charge in [0.25, 0.3) is 0 Å². The lowest BCUT2D eigenvalue weighted by molar-refractivity contribution is -0.145. The lowest BCUT2D eigenvalue weighted by Crippen LogP contribution is -2.62. The van der Waals surface area contributed by atoms with Crippen molar-refractivity contribution < 1.29 is 47.9 Å². The molecule has 2 aromatic carbocycles. The van der Waals surface area contributed by atoms with Gasteiger partial charge in [0.15, 0.2) is 0 Å². The predicted octanol–water partition coefficient (Wildman–Crippen LogP) is 1.57. The molecular weight excluding hydrogens is 1060 g/mol. The largest absolute Gasteiger partial charge is 0.343 e. The van der Waals surface area contributed by atoms with Crippen molar-refractivity contribution in [1.82, 2.24) is 51.9 Å². The molecule has 10 amide bonds. The minimum absolute atomic E-state index is 0.0283. The highest BCUT2D eigenvalue weighted by molar-refractivity contribution is 6.00. The summed E-state index contributed by atoms with van der Waals surface area (Å²) in [6.07, 6.45) is 2.50. The molecule has 0 saturated carbocycles. The fourth-order valence-electron chi connectivity index (χ4n) is 11.2. The zero-order valence-corrected chi connectivity index (χ0v) is 50.2. The summed E-state index contributed by atoms with van der Waals surface area (Å²) in [4.78, 5) is 151. The number of rotatable bonds is 16. The van der Waals surface area contributed by atoms with Crippen LogP contribution in [0.3, 0.4) is 0 Å². The van der Waals surface area contributed by atoms with Crippen molar-refractivity contribution in [3.8, 4) is 0 Å². The molecule has 3 heterocycles. The number of hydrogen-bond donors (Lipinski definition) is 9. The zero-order chi connectivity index (χ0) is 61.1. The summed E-state index contributed by atoms with van der Waals surface area (Å²) < 4.78 is 0. The number of fused-ring (bicyclic) bond motifs is 2. The van der Waals surface area contributed by atoms with Crippen LogP contribution in [0.5, 0.6) is 0 Å². The topological polar surface area (TPSA) is 317 Å². The number of nitrogens with one attached hydrogen (secondary N) is 7. The molecule has 2 aromatic rings. The van der Waals surface area contributed by atoms with E-state index in [2.05, 4.69) is 37.2 Å². The average molecular weight is 1160 g/mol. The summed E-state index contributed by atoms with van der Waals surface area (Å²) in [5.41, 5.74) is 13.3. The van der Waals surface area contributed by atoms with Gasteiger partial charge in [0, 0.05) is 33.0 Å². The van der Waals surface area contributed by atoms with Crippen molar-refractivity contribution in [2.75, 3.05) is 33.2 Å². The molecule has 3 aliphatic rings. The maximum atomic E-state index is 15.0. The fourth-order valence-corrected chi connectivity index (χ4v) is 11.2. The average Bonchev–Trinajstić information content (AvgIpc) is 4.28. The van der Waals surface area contributed by atoms with E-state index < -0.39 is 131 Å². The Morgan fingerprint density at radius 1 is 0.446 bits per heavy atom. The van der Waals surface area contributed by atoms with E-state index in [1.807, 2.05) is 52.0 Å². The molecule has 0 spiro atoms. The number of benzene rings is 2. The Labute approximate surface area is 490 Å². The molecule has 0 bridgehead atoms. The van der Waals surface area contributed by atoms with Crippen molar-refractivity contribution in [3.05, 3.63) is 71.8 Å². The van der Waals surface area contributed by atoms with E-state index in [9.17, 15) is 47.9 Å².